The van der Waals surface area contributed by atoms with Crippen LogP contribution in [0.15, 0.2) is 67.0 Å². The molecule has 1 aliphatic heterocycles. The van der Waals surface area contributed by atoms with E-state index in [2.05, 4.69) is 32.5 Å². The molecule has 1 atom stereocenters. The van der Waals surface area contributed by atoms with Gasteiger partial charge < -0.3 is 19.7 Å². The Labute approximate surface area is 182 Å². The minimum Gasteiger partial charge on any atom is -0.494 e. The molecule has 7 nitrogen and oxygen atoms in total. The minimum absolute atomic E-state index is 0.131. The summed E-state index contributed by atoms with van der Waals surface area (Å²) in [5.74, 6) is 1.55. The molecule has 0 radical (unpaired) electrons. The van der Waals surface area contributed by atoms with E-state index in [0.717, 1.165) is 30.2 Å². The van der Waals surface area contributed by atoms with Gasteiger partial charge in [-0.1, -0.05) is 12.1 Å². The van der Waals surface area contributed by atoms with Crippen LogP contribution in [0.4, 0.5) is 5.69 Å². The number of nitrogens with one attached hydrogen (secondary N) is 1. The fourth-order valence-corrected chi connectivity index (χ4v) is 3.46. The Bertz CT molecular complexity index is 988. The second-order valence-electron chi connectivity index (χ2n) is 7.47. The fourth-order valence-electron chi connectivity index (χ4n) is 3.46. The summed E-state index contributed by atoms with van der Waals surface area (Å²) >= 11 is 0. The number of anilines is 1. The molecule has 4 rings (SSSR count). The van der Waals surface area contributed by atoms with Gasteiger partial charge in [0.15, 0.2) is 0 Å². The van der Waals surface area contributed by atoms with E-state index in [-0.39, 0.29) is 18.1 Å². The third-order valence-corrected chi connectivity index (χ3v) is 5.24. The van der Waals surface area contributed by atoms with Gasteiger partial charge in [-0.2, -0.15) is 10.2 Å². The summed E-state index contributed by atoms with van der Waals surface area (Å²) in [4.78, 5) is 14.5. The predicted octanol–water partition coefficient (Wildman–Crippen LogP) is 3.63. The molecule has 0 spiro atoms. The van der Waals surface area contributed by atoms with Crippen molar-refractivity contribution in [1.29, 1.82) is 0 Å². The SMILES string of the molecule is CCOc1ccc(N2CC(Oc3ccc([C@H](C)NC(=O)c4ccnnc4)cc3)C2)cc1. The Hall–Kier alpha value is -3.61. The lowest BCUT2D eigenvalue weighted by Crippen LogP contribution is -2.54. The molecule has 0 bridgehead atoms. The highest BCUT2D eigenvalue weighted by Gasteiger charge is 2.28. The lowest BCUT2D eigenvalue weighted by atomic mass is 10.1. The molecule has 0 aliphatic carbocycles. The fraction of sp³-hybridized carbons (Fsp3) is 0.292. The average Bonchev–Trinajstić information content (AvgIpc) is 2.78. The zero-order valence-corrected chi connectivity index (χ0v) is 17.7. The average molecular weight is 418 g/mol. The third kappa shape index (κ3) is 5.12. The van der Waals surface area contributed by atoms with Crippen LogP contribution in [0.1, 0.15) is 35.8 Å². The molecule has 1 saturated heterocycles. The van der Waals surface area contributed by atoms with Gasteiger partial charge in [-0.15, -0.1) is 0 Å². The van der Waals surface area contributed by atoms with Gasteiger partial charge in [0.05, 0.1) is 43.7 Å². The van der Waals surface area contributed by atoms with E-state index in [0.29, 0.717) is 12.2 Å². The second kappa shape index (κ2) is 9.47. The molecule has 1 N–H and O–H groups in total. The lowest BCUT2D eigenvalue weighted by molar-refractivity contribution is 0.0939. The van der Waals surface area contributed by atoms with Gasteiger partial charge in [0.1, 0.15) is 17.6 Å². The summed E-state index contributed by atoms with van der Waals surface area (Å²) in [6.07, 6.45) is 3.12. The summed E-state index contributed by atoms with van der Waals surface area (Å²) in [6, 6.07) is 17.5. The van der Waals surface area contributed by atoms with Gasteiger partial charge in [0, 0.05) is 5.69 Å². The van der Waals surface area contributed by atoms with Crippen molar-refractivity contribution in [2.24, 2.45) is 0 Å². The van der Waals surface area contributed by atoms with Crippen LogP contribution in [0.2, 0.25) is 0 Å². The number of amides is 1. The molecule has 0 unspecified atom stereocenters. The third-order valence-electron chi connectivity index (χ3n) is 5.24. The Morgan fingerprint density at radius 2 is 1.77 bits per heavy atom. The second-order valence-corrected chi connectivity index (χ2v) is 7.47. The van der Waals surface area contributed by atoms with Crippen molar-refractivity contribution in [3.05, 3.63) is 78.1 Å². The van der Waals surface area contributed by atoms with E-state index < -0.39 is 0 Å². The maximum atomic E-state index is 12.3. The van der Waals surface area contributed by atoms with Crippen molar-refractivity contribution < 1.29 is 14.3 Å². The van der Waals surface area contributed by atoms with E-state index >= 15 is 0 Å². The Balaban J connectivity index is 1.26. The van der Waals surface area contributed by atoms with Crippen LogP contribution in [0.3, 0.4) is 0 Å². The normalized spacial score (nSPS) is 14.5. The first kappa shape index (κ1) is 20.7. The number of nitrogens with zero attached hydrogens (tertiary/aromatic N) is 3. The van der Waals surface area contributed by atoms with Crippen molar-refractivity contribution in [3.8, 4) is 11.5 Å². The number of carbonyl (C=O) groups is 1. The molecular formula is C24H26N4O3. The van der Waals surface area contributed by atoms with Gasteiger partial charge in [-0.05, 0) is 61.9 Å². The van der Waals surface area contributed by atoms with Crippen LogP contribution in [0, 0.1) is 0 Å². The van der Waals surface area contributed by atoms with Crippen molar-refractivity contribution in [1.82, 2.24) is 15.5 Å². The van der Waals surface area contributed by atoms with Crippen LogP contribution in [-0.4, -0.2) is 41.9 Å². The monoisotopic (exact) mass is 418 g/mol. The standard InChI is InChI=1S/C24H26N4O3/c1-3-30-21-10-6-20(7-11-21)28-15-23(16-28)31-22-8-4-18(5-9-22)17(2)27-24(29)19-12-13-25-26-14-19/h4-14,17,23H,3,15-16H2,1-2H3,(H,27,29)/t17-/m0/s1. The van der Waals surface area contributed by atoms with Crippen LogP contribution >= 0.6 is 0 Å². The first-order valence-corrected chi connectivity index (χ1v) is 10.4. The van der Waals surface area contributed by atoms with Crippen molar-refractivity contribution in [3.63, 3.8) is 0 Å². The zero-order valence-electron chi connectivity index (χ0n) is 17.7. The van der Waals surface area contributed by atoms with Crippen LogP contribution in [0.5, 0.6) is 11.5 Å². The molecule has 0 saturated carbocycles. The number of rotatable bonds is 8. The smallest absolute Gasteiger partial charge is 0.253 e. The molecular weight excluding hydrogens is 392 g/mol. The molecule has 31 heavy (non-hydrogen) atoms. The largest absolute Gasteiger partial charge is 0.494 e. The number of carbonyl (C=O) groups excluding carboxylic acids is 1. The number of benzene rings is 2. The number of ether oxygens (including phenoxy) is 2. The molecule has 2 aromatic carbocycles. The zero-order chi connectivity index (χ0) is 21.6. The Kier molecular flexibility index (Phi) is 6.31. The lowest BCUT2D eigenvalue weighted by Gasteiger charge is -2.40. The first-order chi connectivity index (χ1) is 15.1. The van der Waals surface area contributed by atoms with E-state index in [1.807, 2.05) is 50.2 Å². The predicted molar refractivity (Wildman–Crippen MR) is 119 cm³/mol. The molecule has 3 aromatic rings. The van der Waals surface area contributed by atoms with Gasteiger partial charge in [-0.3, -0.25) is 4.79 Å². The van der Waals surface area contributed by atoms with E-state index in [9.17, 15) is 4.79 Å². The Morgan fingerprint density at radius 1 is 1.06 bits per heavy atom. The van der Waals surface area contributed by atoms with Crippen LogP contribution < -0.4 is 19.7 Å². The van der Waals surface area contributed by atoms with E-state index in [1.165, 1.54) is 18.1 Å². The summed E-state index contributed by atoms with van der Waals surface area (Å²) in [5, 5.41) is 10.4. The molecule has 7 heteroatoms. The number of hydrogen-bond acceptors (Lipinski definition) is 6. The van der Waals surface area contributed by atoms with Crippen molar-refractivity contribution in [2.45, 2.75) is 26.0 Å². The highest BCUT2D eigenvalue weighted by atomic mass is 16.5. The van der Waals surface area contributed by atoms with Gasteiger partial charge >= 0.3 is 0 Å². The van der Waals surface area contributed by atoms with Crippen molar-refractivity contribution in [2.75, 3.05) is 24.6 Å². The summed E-state index contributed by atoms with van der Waals surface area (Å²) in [7, 11) is 0. The highest BCUT2D eigenvalue weighted by molar-refractivity contribution is 5.93. The van der Waals surface area contributed by atoms with Gasteiger partial charge in [-0.25, -0.2) is 0 Å². The number of aromatic nitrogens is 2. The van der Waals surface area contributed by atoms with Gasteiger partial charge in [0.2, 0.25) is 0 Å². The summed E-state index contributed by atoms with van der Waals surface area (Å²) in [5.41, 5.74) is 2.67. The van der Waals surface area contributed by atoms with Crippen molar-refractivity contribution >= 4 is 11.6 Å². The maximum absolute atomic E-state index is 12.3. The summed E-state index contributed by atoms with van der Waals surface area (Å²) in [6.45, 7) is 6.30. The van der Waals surface area contributed by atoms with E-state index in [1.54, 1.807) is 6.07 Å². The van der Waals surface area contributed by atoms with Gasteiger partial charge in [0.25, 0.3) is 5.91 Å². The molecule has 1 fully saturated rings. The molecule has 2 heterocycles. The topological polar surface area (TPSA) is 76.6 Å². The first-order valence-electron chi connectivity index (χ1n) is 10.4. The molecule has 160 valence electrons. The highest BCUT2D eigenvalue weighted by Crippen LogP contribution is 2.27. The molecule has 1 amide bonds. The Morgan fingerprint density at radius 3 is 2.42 bits per heavy atom. The summed E-state index contributed by atoms with van der Waals surface area (Å²) < 4.78 is 11.6. The quantitative estimate of drug-likeness (QED) is 0.602. The number of hydrogen-bond donors (Lipinski definition) is 1. The minimum atomic E-state index is -0.174. The maximum Gasteiger partial charge on any atom is 0.253 e. The molecule has 1 aromatic heterocycles. The van der Waals surface area contributed by atoms with E-state index in [4.69, 9.17) is 9.47 Å². The van der Waals surface area contributed by atoms with Crippen LogP contribution in [0.25, 0.3) is 0 Å². The molecule has 1 aliphatic rings. The van der Waals surface area contributed by atoms with Crippen LogP contribution in [-0.2, 0) is 0 Å².